The molecule has 0 bridgehead atoms. The fourth-order valence-corrected chi connectivity index (χ4v) is 8.42. The van der Waals surface area contributed by atoms with E-state index in [0.29, 0.717) is 26.3 Å². The maximum atomic E-state index is 14.0. The van der Waals surface area contributed by atoms with Crippen LogP contribution in [0, 0.1) is 5.92 Å². The van der Waals surface area contributed by atoms with Gasteiger partial charge in [0.15, 0.2) is 0 Å². The first kappa shape index (κ1) is 28.5. The number of aromatic nitrogens is 1. The van der Waals surface area contributed by atoms with E-state index in [2.05, 4.69) is 5.32 Å². The molecule has 8 nitrogen and oxygen atoms in total. The Labute approximate surface area is 259 Å². The van der Waals surface area contributed by atoms with Gasteiger partial charge in [0.25, 0.3) is 0 Å². The Balaban J connectivity index is 1.40. The van der Waals surface area contributed by atoms with Crippen LogP contribution in [0.15, 0.2) is 82.6 Å². The molecule has 0 aliphatic carbocycles. The number of nitrogens with one attached hydrogen (secondary N) is 1. The van der Waals surface area contributed by atoms with Crippen LogP contribution in [0.5, 0.6) is 0 Å². The molecule has 0 radical (unpaired) electrons. The number of halogens is 2. The van der Waals surface area contributed by atoms with E-state index in [1.165, 1.54) is 27.3 Å². The van der Waals surface area contributed by atoms with E-state index in [0.717, 1.165) is 22.6 Å². The molecular formula is C30H24Cl2N4O4S2. The molecule has 12 heteroatoms. The van der Waals surface area contributed by atoms with Gasteiger partial charge in [0.2, 0.25) is 17.7 Å². The summed E-state index contributed by atoms with van der Waals surface area (Å²) in [6.45, 7) is -0.272. The molecule has 2 aliphatic rings. The lowest BCUT2D eigenvalue weighted by Gasteiger charge is -2.31. The molecule has 3 amide bonds. The molecule has 2 aliphatic heterocycles. The van der Waals surface area contributed by atoms with Gasteiger partial charge in [-0.3, -0.25) is 23.7 Å². The Morgan fingerprint density at radius 3 is 2.31 bits per heavy atom. The molecule has 1 fully saturated rings. The quantitative estimate of drug-likeness (QED) is 0.272. The zero-order valence-electron chi connectivity index (χ0n) is 22.4. The normalized spacial score (nSPS) is 19.4. The molecule has 0 saturated carbocycles. The van der Waals surface area contributed by atoms with E-state index in [4.69, 9.17) is 23.2 Å². The van der Waals surface area contributed by atoms with E-state index in [-0.39, 0.29) is 28.3 Å². The molecular weight excluding hydrogens is 615 g/mol. The van der Waals surface area contributed by atoms with Gasteiger partial charge in [-0.25, -0.2) is 4.90 Å². The van der Waals surface area contributed by atoms with Gasteiger partial charge in [-0.15, -0.1) is 0 Å². The van der Waals surface area contributed by atoms with Gasteiger partial charge in [0.1, 0.15) is 11.8 Å². The third-order valence-corrected chi connectivity index (χ3v) is 10.7. The lowest BCUT2D eigenvalue weighted by Crippen LogP contribution is -2.33. The van der Waals surface area contributed by atoms with Gasteiger partial charge in [-0.05, 0) is 48.0 Å². The zero-order valence-corrected chi connectivity index (χ0v) is 25.6. The Morgan fingerprint density at radius 1 is 0.929 bits per heavy atom. The van der Waals surface area contributed by atoms with E-state index in [1.807, 2.05) is 49.3 Å². The number of hydrogen-bond donors (Lipinski definition) is 1. The summed E-state index contributed by atoms with van der Waals surface area (Å²) in [6, 6.07) is 21.3. The summed E-state index contributed by atoms with van der Waals surface area (Å²) in [7, 11) is 3.87. The minimum absolute atomic E-state index is 0.272. The SMILES string of the molecule is CN(C)c1ccc(C2c3sc(=O)n(CC(=O)Nc4ccc(Cl)c(Cl)c4)c3SC3C(=O)N(c4ccccc4)C(=O)C32)cc1. The maximum Gasteiger partial charge on any atom is 0.308 e. The topological polar surface area (TPSA) is 91.7 Å². The molecule has 3 heterocycles. The van der Waals surface area contributed by atoms with Crippen molar-refractivity contribution in [2.75, 3.05) is 29.2 Å². The van der Waals surface area contributed by atoms with Gasteiger partial charge in [0, 0.05) is 36.3 Å². The van der Waals surface area contributed by atoms with Crippen LogP contribution in [0.4, 0.5) is 17.1 Å². The highest BCUT2D eigenvalue weighted by Crippen LogP contribution is 2.54. The second-order valence-electron chi connectivity index (χ2n) is 10.2. The second-order valence-corrected chi connectivity index (χ2v) is 13.1. The predicted octanol–water partition coefficient (Wildman–Crippen LogP) is 5.72. The largest absolute Gasteiger partial charge is 0.378 e. The molecule has 6 rings (SSSR count). The number of carbonyl (C=O) groups excluding carboxylic acids is 3. The van der Waals surface area contributed by atoms with Crippen molar-refractivity contribution in [2.45, 2.75) is 22.7 Å². The summed E-state index contributed by atoms with van der Waals surface area (Å²) in [5.41, 5.74) is 2.74. The van der Waals surface area contributed by atoms with Crippen LogP contribution in [0.25, 0.3) is 0 Å². The number of anilines is 3. The van der Waals surface area contributed by atoms with Crippen LogP contribution >= 0.6 is 46.3 Å². The van der Waals surface area contributed by atoms with Crippen LogP contribution in [0.1, 0.15) is 16.4 Å². The Morgan fingerprint density at radius 2 is 1.64 bits per heavy atom. The van der Waals surface area contributed by atoms with E-state index < -0.39 is 23.0 Å². The number of amides is 3. The van der Waals surface area contributed by atoms with Gasteiger partial charge in [-0.1, -0.05) is 76.6 Å². The van der Waals surface area contributed by atoms with Crippen molar-refractivity contribution in [1.82, 2.24) is 4.57 Å². The number of para-hydroxylation sites is 1. The number of nitrogens with zero attached hydrogens (tertiary/aromatic N) is 3. The Hall–Kier alpha value is -3.57. The van der Waals surface area contributed by atoms with E-state index in [9.17, 15) is 19.2 Å². The van der Waals surface area contributed by atoms with Gasteiger partial charge < -0.3 is 10.2 Å². The first-order valence-electron chi connectivity index (χ1n) is 13.0. The monoisotopic (exact) mass is 638 g/mol. The lowest BCUT2D eigenvalue weighted by atomic mass is 9.83. The van der Waals surface area contributed by atoms with E-state index >= 15 is 0 Å². The molecule has 3 aromatic carbocycles. The molecule has 4 aromatic rings. The highest BCUT2D eigenvalue weighted by atomic mass is 35.5. The number of thiazole rings is 1. The predicted molar refractivity (Wildman–Crippen MR) is 168 cm³/mol. The first-order chi connectivity index (χ1) is 20.1. The van der Waals surface area contributed by atoms with Crippen LogP contribution in [-0.2, 0) is 20.9 Å². The van der Waals surface area contributed by atoms with Crippen LogP contribution in [-0.4, -0.2) is 41.6 Å². The van der Waals surface area contributed by atoms with Crippen molar-refractivity contribution in [3.63, 3.8) is 0 Å². The van der Waals surface area contributed by atoms with E-state index in [1.54, 1.807) is 36.4 Å². The van der Waals surface area contributed by atoms with Crippen LogP contribution in [0.2, 0.25) is 10.0 Å². The fourth-order valence-electron chi connectivity index (χ4n) is 5.34. The first-order valence-corrected chi connectivity index (χ1v) is 15.4. The third kappa shape index (κ3) is 5.02. The van der Waals surface area contributed by atoms with Crippen molar-refractivity contribution >= 4 is 81.1 Å². The maximum absolute atomic E-state index is 14.0. The summed E-state index contributed by atoms with van der Waals surface area (Å²) in [6.07, 6.45) is 0. The fraction of sp³-hybridized carbons (Fsp3) is 0.200. The number of carbonyl (C=O) groups is 3. The highest BCUT2D eigenvalue weighted by Gasteiger charge is 2.56. The Bertz CT molecular complexity index is 1770. The van der Waals surface area contributed by atoms with Crippen LogP contribution < -0.4 is 20.0 Å². The van der Waals surface area contributed by atoms with Crippen LogP contribution in [0.3, 0.4) is 0 Å². The molecule has 1 saturated heterocycles. The molecule has 1 aromatic heterocycles. The lowest BCUT2D eigenvalue weighted by molar-refractivity contribution is -0.122. The number of hydrogen-bond acceptors (Lipinski definition) is 7. The average molecular weight is 640 g/mol. The molecule has 1 N–H and O–H groups in total. The number of benzene rings is 3. The third-order valence-electron chi connectivity index (χ3n) is 7.34. The van der Waals surface area contributed by atoms with Gasteiger partial charge >= 0.3 is 4.87 Å². The smallest absolute Gasteiger partial charge is 0.308 e. The molecule has 3 unspecified atom stereocenters. The highest BCUT2D eigenvalue weighted by molar-refractivity contribution is 8.00. The molecule has 0 spiro atoms. The van der Waals surface area contributed by atoms with Crippen molar-refractivity contribution in [2.24, 2.45) is 5.92 Å². The summed E-state index contributed by atoms with van der Waals surface area (Å²) >= 11 is 14.3. The zero-order chi connectivity index (χ0) is 29.7. The summed E-state index contributed by atoms with van der Waals surface area (Å²) < 4.78 is 1.39. The summed E-state index contributed by atoms with van der Waals surface area (Å²) in [4.78, 5) is 57.7. The summed E-state index contributed by atoms with van der Waals surface area (Å²) in [5, 5.41) is 3.16. The molecule has 42 heavy (non-hydrogen) atoms. The average Bonchev–Trinajstić information content (AvgIpc) is 3.41. The van der Waals surface area contributed by atoms with Crippen molar-refractivity contribution < 1.29 is 14.4 Å². The summed E-state index contributed by atoms with van der Waals surface area (Å²) in [5.74, 6) is -2.33. The minimum Gasteiger partial charge on any atom is -0.378 e. The van der Waals surface area contributed by atoms with Crippen molar-refractivity contribution in [3.8, 4) is 0 Å². The van der Waals surface area contributed by atoms with Crippen molar-refractivity contribution in [1.29, 1.82) is 0 Å². The number of rotatable bonds is 6. The number of thioether (sulfide) groups is 1. The Kier molecular flexibility index (Phi) is 7.65. The minimum atomic E-state index is -0.762. The van der Waals surface area contributed by atoms with Gasteiger partial charge in [-0.2, -0.15) is 0 Å². The molecule has 214 valence electrons. The number of imide groups is 1. The standard InChI is InChI=1S/C30H24Cl2N4O4S2/c1-34(2)18-11-8-16(9-12-18)23-24-25(28(39)36(27(24)38)19-6-4-3-5-7-19)41-29-26(23)42-30(40)35(29)15-22(37)33-17-10-13-20(31)21(32)14-17/h3-14,23-25H,15H2,1-2H3,(H,33,37). The van der Waals surface area contributed by atoms with Crippen molar-refractivity contribution in [3.05, 3.63) is 103 Å². The molecule has 3 atom stereocenters. The number of fused-ring (bicyclic) bond motifs is 2. The second kappa shape index (κ2) is 11.3. The van der Waals surface area contributed by atoms with Gasteiger partial charge in [0.05, 0.1) is 26.7 Å².